The van der Waals surface area contributed by atoms with Crippen molar-refractivity contribution in [2.45, 2.75) is 85.5 Å². The largest absolute Gasteiger partial charge is 0.462 e. The van der Waals surface area contributed by atoms with Gasteiger partial charge in [-0.15, -0.1) is 0 Å². The van der Waals surface area contributed by atoms with Crippen LogP contribution < -0.4 is 0 Å². The predicted octanol–water partition coefficient (Wildman–Crippen LogP) is 5.61. The molecule has 0 aliphatic carbocycles. The van der Waals surface area contributed by atoms with E-state index in [4.69, 9.17) is 9.47 Å². The minimum atomic E-state index is -0.267. The lowest BCUT2D eigenvalue weighted by molar-refractivity contribution is -0.140. The van der Waals surface area contributed by atoms with E-state index in [0.29, 0.717) is 23.5 Å². The molecule has 0 aromatic heterocycles. The van der Waals surface area contributed by atoms with E-state index < -0.39 is 0 Å². The number of rotatable bonds is 15. The number of ether oxygens (including phenoxy) is 2. The third-order valence-corrected chi connectivity index (χ3v) is 5.83. The van der Waals surface area contributed by atoms with Gasteiger partial charge in [-0.25, -0.2) is 4.79 Å². The lowest BCUT2D eigenvalue weighted by Gasteiger charge is -2.26. The molecule has 4 nitrogen and oxygen atoms in total. The molecular weight excluding hydrogens is 350 g/mol. The summed E-state index contributed by atoms with van der Waals surface area (Å²) in [6, 6.07) is 0. The first-order valence-corrected chi connectivity index (χ1v) is 11.4. The van der Waals surface area contributed by atoms with Gasteiger partial charge in [0.2, 0.25) is 0 Å². The lowest BCUT2D eigenvalue weighted by Crippen LogP contribution is -2.36. The fourth-order valence-electron chi connectivity index (χ4n) is 3.77. The van der Waals surface area contributed by atoms with Crippen molar-refractivity contribution in [3.8, 4) is 0 Å². The van der Waals surface area contributed by atoms with E-state index in [1.54, 1.807) is 6.92 Å². The SMILES string of the molecule is C=C(C)C(=O)OCC(C)CCCC(C)(C)CCCCCCCN1CCOCC1. The summed E-state index contributed by atoms with van der Waals surface area (Å²) in [5.74, 6) is 0.155. The van der Waals surface area contributed by atoms with Crippen LogP contribution in [0.15, 0.2) is 12.2 Å². The van der Waals surface area contributed by atoms with Crippen molar-refractivity contribution in [3.05, 3.63) is 12.2 Å². The summed E-state index contributed by atoms with van der Waals surface area (Å²) in [5.41, 5.74) is 0.900. The molecule has 1 atom stereocenters. The molecule has 0 aromatic carbocycles. The molecule has 28 heavy (non-hydrogen) atoms. The molecule has 4 heteroatoms. The molecule has 0 amide bonds. The number of carbonyl (C=O) groups excluding carboxylic acids is 1. The zero-order chi connectivity index (χ0) is 20.8. The number of hydrogen-bond acceptors (Lipinski definition) is 4. The van der Waals surface area contributed by atoms with E-state index >= 15 is 0 Å². The predicted molar refractivity (Wildman–Crippen MR) is 118 cm³/mol. The molecule has 1 aliphatic heterocycles. The van der Waals surface area contributed by atoms with Crippen LogP contribution in [0.5, 0.6) is 0 Å². The average molecular weight is 396 g/mol. The molecule has 0 radical (unpaired) electrons. The fraction of sp³-hybridized carbons (Fsp3) is 0.875. The van der Waals surface area contributed by atoms with Gasteiger partial charge in [0.15, 0.2) is 0 Å². The van der Waals surface area contributed by atoms with Crippen molar-refractivity contribution in [2.75, 3.05) is 39.5 Å². The van der Waals surface area contributed by atoms with E-state index in [0.717, 1.165) is 32.7 Å². The summed E-state index contributed by atoms with van der Waals surface area (Å²) in [6.45, 7) is 18.1. The first kappa shape index (κ1) is 25.2. The normalized spacial score (nSPS) is 16.7. The summed E-state index contributed by atoms with van der Waals surface area (Å²) in [4.78, 5) is 14.0. The van der Waals surface area contributed by atoms with Gasteiger partial charge in [0.1, 0.15) is 0 Å². The topological polar surface area (TPSA) is 38.8 Å². The minimum absolute atomic E-state index is 0.267. The lowest BCUT2D eigenvalue weighted by atomic mass is 9.81. The number of unbranched alkanes of at least 4 members (excludes halogenated alkanes) is 4. The second kappa shape index (κ2) is 14.2. The second-order valence-electron chi connectivity index (χ2n) is 9.51. The van der Waals surface area contributed by atoms with E-state index in [-0.39, 0.29) is 5.97 Å². The van der Waals surface area contributed by atoms with Crippen LogP contribution in [0.4, 0.5) is 0 Å². The van der Waals surface area contributed by atoms with E-state index in [1.165, 1.54) is 57.9 Å². The first-order valence-electron chi connectivity index (χ1n) is 11.4. The Balaban J connectivity index is 1.98. The van der Waals surface area contributed by atoms with Crippen molar-refractivity contribution in [3.63, 3.8) is 0 Å². The molecule has 1 heterocycles. The highest BCUT2D eigenvalue weighted by Crippen LogP contribution is 2.30. The van der Waals surface area contributed by atoms with Crippen LogP contribution >= 0.6 is 0 Å². The van der Waals surface area contributed by atoms with Crippen molar-refractivity contribution < 1.29 is 14.3 Å². The molecule has 1 rings (SSSR count). The Morgan fingerprint density at radius 3 is 2.36 bits per heavy atom. The van der Waals surface area contributed by atoms with Gasteiger partial charge in [-0.2, -0.15) is 0 Å². The van der Waals surface area contributed by atoms with Gasteiger partial charge in [-0.1, -0.05) is 59.5 Å². The van der Waals surface area contributed by atoms with Crippen LogP contribution in [0.1, 0.15) is 85.5 Å². The monoisotopic (exact) mass is 395 g/mol. The van der Waals surface area contributed by atoms with Gasteiger partial charge in [0, 0.05) is 18.7 Å². The Hall–Kier alpha value is -0.870. The third-order valence-electron chi connectivity index (χ3n) is 5.83. The Kier molecular flexibility index (Phi) is 12.7. The maximum absolute atomic E-state index is 11.4. The highest BCUT2D eigenvalue weighted by molar-refractivity contribution is 5.86. The summed E-state index contributed by atoms with van der Waals surface area (Å²) in [5, 5.41) is 0. The fourth-order valence-corrected chi connectivity index (χ4v) is 3.77. The van der Waals surface area contributed by atoms with Crippen LogP contribution in [-0.4, -0.2) is 50.3 Å². The van der Waals surface area contributed by atoms with E-state index in [1.807, 2.05) is 0 Å². The first-order chi connectivity index (χ1) is 13.3. The Bertz CT molecular complexity index is 441. The molecular formula is C24H45NO3. The molecule has 0 saturated carbocycles. The molecule has 0 bridgehead atoms. The summed E-state index contributed by atoms with van der Waals surface area (Å²) < 4.78 is 10.6. The number of nitrogens with zero attached hydrogens (tertiary/aromatic N) is 1. The van der Waals surface area contributed by atoms with Gasteiger partial charge >= 0.3 is 5.97 Å². The molecule has 0 spiro atoms. The highest BCUT2D eigenvalue weighted by Gasteiger charge is 2.18. The standard InChI is InChI=1S/C24H45NO3/c1-21(2)23(26)28-20-22(3)12-11-14-24(4,5)13-9-7-6-8-10-15-25-16-18-27-19-17-25/h22H,1,6-20H2,2-5H3. The smallest absolute Gasteiger partial charge is 0.333 e. The van der Waals surface area contributed by atoms with Crippen LogP contribution in [0.25, 0.3) is 0 Å². The Labute approximate surface area is 174 Å². The molecule has 0 aromatic rings. The molecule has 164 valence electrons. The molecule has 1 saturated heterocycles. The van der Waals surface area contributed by atoms with E-state index in [2.05, 4.69) is 32.3 Å². The van der Waals surface area contributed by atoms with Crippen molar-refractivity contribution in [2.24, 2.45) is 11.3 Å². The number of carbonyl (C=O) groups is 1. The third kappa shape index (κ3) is 12.6. The summed E-state index contributed by atoms with van der Waals surface area (Å²) in [7, 11) is 0. The quantitative estimate of drug-likeness (QED) is 0.205. The van der Waals surface area contributed by atoms with Crippen molar-refractivity contribution in [1.29, 1.82) is 0 Å². The number of esters is 1. The molecule has 1 unspecified atom stereocenters. The van der Waals surface area contributed by atoms with Gasteiger partial charge in [0.05, 0.1) is 19.8 Å². The maximum Gasteiger partial charge on any atom is 0.333 e. The highest BCUT2D eigenvalue weighted by atomic mass is 16.5. The van der Waals surface area contributed by atoms with E-state index in [9.17, 15) is 4.79 Å². The van der Waals surface area contributed by atoms with Crippen molar-refractivity contribution in [1.82, 2.24) is 4.90 Å². The van der Waals surface area contributed by atoms with Crippen LogP contribution in [-0.2, 0) is 14.3 Å². The van der Waals surface area contributed by atoms with Gasteiger partial charge in [-0.05, 0) is 50.5 Å². The van der Waals surface area contributed by atoms with Gasteiger partial charge < -0.3 is 9.47 Å². The van der Waals surface area contributed by atoms with Crippen molar-refractivity contribution >= 4 is 5.97 Å². The molecule has 1 aliphatic rings. The number of morpholine rings is 1. The molecule has 0 N–H and O–H groups in total. The van der Waals surface area contributed by atoms with Gasteiger partial charge in [-0.3, -0.25) is 4.90 Å². The zero-order valence-corrected chi connectivity index (χ0v) is 19.1. The van der Waals surface area contributed by atoms with Crippen LogP contribution in [0, 0.1) is 11.3 Å². The van der Waals surface area contributed by atoms with Gasteiger partial charge in [0.25, 0.3) is 0 Å². The molecule has 1 fully saturated rings. The maximum atomic E-state index is 11.4. The summed E-state index contributed by atoms with van der Waals surface area (Å²) in [6.07, 6.45) is 11.7. The zero-order valence-electron chi connectivity index (χ0n) is 19.1. The average Bonchev–Trinajstić information content (AvgIpc) is 2.65. The Morgan fingerprint density at radius 2 is 1.68 bits per heavy atom. The Morgan fingerprint density at radius 1 is 1.07 bits per heavy atom. The van der Waals surface area contributed by atoms with Crippen LogP contribution in [0.3, 0.4) is 0 Å². The summed E-state index contributed by atoms with van der Waals surface area (Å²) >= 11 is 0. The minimum Gasteiger partial charge on any atom is -0.462 e. The van der Waals surface area contributed by atoms with Crippen LogP contribution in [0.2, 0.25) is 0 Å². The second-order valence-corrected chi connectivity index (χ2v) is 9.51. The number of hydrogen-bond donors (Lipinski definition) is 0.